The van der Waals surface area contributed by atoms with Gasteiger partial charge >= 0.3 is 0 Å². The molecular weight excluding hydrogens is 294 g/mol. The lowest BCUT2D eigenvalue weighted by Gasteiger charge is -2.26. The quantitative estimate of drug-likeness (QED) is 0.891. The van der Waals surface area contributed by atoms with Crippen molar-refractivity contribution in [1.82, 2.24) is 14.9 Å². The van der Waals surface area contributed by atoms with E-state index in [2.05, 4.69) is 30.8 Å². The molecular formula is C13H16BrN3O. The van der Waals surface area contributed by atoms with Crippen LogP contribution >= 0.6 is 15.9 Å². The van der Waals surface area contributed by atoms with Crippen LogP contribution in [0.25, 0.3) is 0 Å². The second kappa shape index (κ2) is 6.13. The fraction of sp³-hybridized carbons (Fsp3) is 0.308. The third-order valence-electron chi connectivity index (χ3n) is 2.89. The molecule has 2 aromatic rings. The minimum atomic E-state index is -0.0346. The first-order chi connectivity index (χ1) is 8.70. The summed E-state index contributed by atoms with van der Waals surface area (Å²) in [5.41, 5.74) is 1.08. The number of hydrogen-bond acceptors (Lipinski definition) is 3. The summed E-state index contributed by atoms with van der Waals surface area (Å²) in [5, 5.41) is 9.58. The molecule has 18 heavy (non-hydrogen) atoms. The summed E-state index contributed by atoms with van der Waals surface area (Å²) >= 11 is 3.45. The lowest BCUT2D eigenvalue weighted by atomic mass is 10.1. The van der Waals surface area contributed by atoms with E-state index in [1.54, 1.807) is 12.4 Å². The number of rotatable bonds is 5. The first kappa shape index (κ1) is 13.3. The number of aromatic nitrogens is 2. The van der Waals surface area contributed by atoms with E-state index < -0.39 is 0 Å². The van der Waals surface area contributed by atoms with Crippen molar-refractivity contribution in [3.63, 3.8) is 0 Å². The zero-order chi connectivity index (χ0) is 13.0. The number of nitrogens with zero attached hydrogens (tertiary/aromatic N) is 2. The van der Waals surface area contributed by atoms with Crippen molar-refractivity contribution in [1.29, 1.82) is 0 Å². The molecule has 0 aliphatic carbocycles. The maximum absolute atomic E-state index is 9.58. The standard InChI is InChI=1S/C13H16BrN3O/c1-17(8-13-15-5-6-16-13)12(9-18)10-3-2-4-11(14)7-10/h2-7,12,18H,8-9H2,1H3,(H,15,16). The van der Waals surface area contributed by atoms with E-state index in [1.165, 1.54) is 0 Å². The molecule has 1 unspecified atom stereocenters. The first-order valence-corrected chi connectivity index (χ1v) is 6.55. The van der Waals surface area contributed by atoms with Crippen LogP contribution in [0, 0.1) is 0 Å². The van der Waals surface area contributed by atoms with Crippen LogP contribution in [-0.4, -0.2) is 33.6 Å². The molecule has 0 fully saturated rings. The number of aliphatic hydroxyl groups is 1. The van der Waals surface area contributed by atoms with Gasteiger partial charge in [0.25, 0.3) is 0 Å². The molecule has 0 aliphatic rings. The van der Waals surface area contributed by atoms with Crippen LogP contribution in [0.1, 0.15) is 17.4 Å². The molecule has 0 saturated heterocycles. The van der Waals surface area contributed by atoms with Crippen LogP contribution in [0.4, 0.5) is 0 Å². The van der Waals surface area contributed by atoms with Gasteiger partial charge < -0.3 is 10.1 Å². The topological polar surface area (TPSA) is 52.2 Å². The minimum absolute atomic E-state index is 0.0346. The number of likely N-dealkylation sites (N-methyl/N-ethyl adjacent to an activating group) is 1. The third-order valence-corrected chi connectivity index (χ3v) is 3.39. The number of aromatic amines is 1. The average molecular weight is 310 g/mol. The Hall–Kier alpha value is -1.17. The number of benzene rings is 1. The monoisotopic (exact) mass is 309 g/mol. The highest BCUT2D eigenvalue weighted by Crippen LogP contribution is 2.23. The molecule has 0 bridgehead atoms. The number of nitrogens with one attached hydrogen (secondary N) is 1. The van der Waals surface area contributed by atoms with Gasteiger partial charge in [-0.25, -0.2) is 4.98 Å². The smallest absolute Gasteiger partial charge is 0.120 e. The molecule has 4 nitrogen and oxygen atoms in total. The van der Waals surface area contributed by atoms with E-state index in [0.29, 0.717) is 6.54 Å². The van der Waals surface area contributed by atoms with Gasteiger partial charge in [-0.3, -0.25) is 4.90 Å². The SMILES string of the molecule is CN(Cc1ncc[nH]1)C(CO)c1cccc(Br)c1. The largest absolute Gasteiger partial charge is 0.394 e. The lowest BCUT2D eigenvalue weighted by Crippen LogP contribution is -2.27. The van der Waals surface area contributed by atoms with Gasteiger partial charge in [-0.2, -0.15) is 0 Å². The molecule has 1 atom stereocenters. The fourth-order valence-electron chi connectivity index (χ4n) is 1.94. The van der Waals surface area contributed by atoms with Crippen LogP contribution in [0.5, 0.6) is 0 Å². The van der Waals surface area contributed by atoms with Crippen molar-refractivity contribution in [2.45, 2.75) is 12.6 Å². The average Bonchev–Trinajstić information content (AvgIpc) is 2.83. The third kappa shape index (κ3) is 3.19. The number of hydrogen-bond donors (Lipinski definition) is 2. The summed E-state index contributed by atoms with van der Waals surface area (Å²) in [7, 11) is 1.98. The molecule has 5 heteroatoms. The van der Waals surface area contributed by atoms with Gasteiger partial charge in [0.05, 0.1) is 19.2 Å². The molecule has 1 aromatic heterocycles. The van der Waals surface area contributed by atoms with Crippen LogP contribution in [0.15, 0.2) is 41.1 Å². The Kier molecular flexibility index (Phi) is 4.52. The Morgan fingerprint density at radius 1 is 1.50 bits per heavy atom. The molecule has 2 N–H and O–H groups in total. The van der Waals surface area contributed by atoms with E-state index >= 15 is 0 Å². The second-order valence-electron chi connectivity index (χ2n) is 4.20. The summed E-state index contributed by atoms with van der Waals surface area (Å²) in [4.78, 5) is 9.33. The molecule has 0 amide bonds. The van der Waals surface area contributed by atoms with Gasteiger partial charge in [0.15, 0.2) is 0 Å². The summed E-state index contributed by atoms with van der Waals surface area (Å²) in [5.74, 6) is 0.894. The van der Waals surface area contributed by atoms with E-state index in [1.807, 2.05) is 31.3 Å². The van der Waals surface area contributed by atoms with Crippen molar-refractivity contribution in [3.8, 4) is 0 Å². The Balaban J connectivity index is 2.12. The van der Waals surface area contributed by atoms with E-state index in [4.69, 9.17) is 0 Å². The van der Waals surface area contributed by atoms with Gasteiger partial charge in [-0.1, -0.05) is 28.1 Å². The van der Waals surface area contributed by atoms with Crippen molar-refractivity contribution >= 4 is 15.9 Å². The minimum Gasteiger partial charge on any atom is -0.394 e. The zero-order valence-corrected chi connectivity index (χ0v) is 11.8. The first-order valence-electron chi connectivity index (χ1n) is 5.75. The van der Waals surface area contributed by atoms with Gasteiger partial charge in [-0.15, -0.1) is 0 Å². The highest BCUT2D eigenvalue weighted by atomic mass is 79.9. The van der Waals surface area contributed by atoms with Crippen molar-refractivity contribution in [3.05, 3.63) is 52.5 Å². The Morgan fingerprint density at radius 2 is 2.33 bits per heavy atom. The van der Waals surface area contributed by atoms with Crippen molar-refractivity contribution in [2.75, 3.05) is 13.7 Å². The number of H-pyrrole nitrogens is 1. The van der Waals surface area contributed by atoms with E-state index in [0.717, 1.165) is 15.9 Å². The van der Waals surface area contributed by atoms with Gasteiger partial charge in [0, 0.05) is 16.9 Å². The van der Waals surface area contributed by atoms with Gasteiger partial charge in [0.2, 0.25) is 0 Å². The zero-order valence-electron chi connectivity index (χ0n) is 10.2. The predicted molar refractivity (Wildman–Crippen MR) is 74.0 cm³/mol. The Bertz CT molecular complexity index is 487. The van der Waals surface area contributed by atoms with Crippen LogP contribution in [-0.2, 0) is 6.54 Å². The fourth-order valence-corrected chi connectivity index (χ4v) is 2.36. The molecule has 1 heterocycles. The van der Waals surface area contributed by atoms with Crippen molar-refractivity contribution < 1.29 is 5.11 Å². The van der Waals surface area contributed by atoms with Crippen LogP contribution < -0.4 is 0 Å². The molecule has 0 radical (unpaired) electrons. The number of halogens is 1. The van der Waals surface area contributed by atoms with Gasteiger partial charge in [0.1, 0.15) is 5.82 Å². The van der Waals surface area contributed by atoms with Crippen LogP contribution in [0.2, 0.25) is 0 Å². The Morgan fingerprint density at radius 3 is 2.94 bits per heavy atom. The maximum atomic E-state index is 9.58. The summed E-state index contributed by atoms with van der Waals surface area (Å²) in [6, 6.07) is 7.96. The highest BCUT2D eigenvalue weighted by molar-refractivity contribution is 9.10. The lowest BCUT2D eigenvalue weighted by molar-refractivity contribution is 0.140. The molecule has 0 spiro atoms. The summed E-state index contributed by atoms with van der Waals surface area (Å²) in [6.45, 7) is 0.748. The number of aliphatic hydroxyl groups excluding tert-OH is 1. The predicted octanol–water partition coefficient (Wildman–Crippen LogP) is 2.34. The normalized spacial score (nSPS) is 12.9. The maximum Gasteiger partial charge on any atom is 0.120 e. The molecule has 2 rings (SSSR count). The van der Waals surface area contributed by atoms with Crippen molar-refractivity contribution in [2.24, 2.45) is 0 Å². The van der Waals surface area contributed by atoms with Crippen LogP contribution in [0.3, 0.4) is 0 Å². The van der Waals surface area contributed by atoms with Gasteiger partial charge in [-0.05, 0) is 24.7 Å². The molecule has 0 saturated carbocycles. The summed E-state index contributed by atoms with van der Waals surface area (Å²) < 4.78 is 1.02. The number of imidazole rings is 1. The molecule has 0 aliphatic heterocycles. The summed E-state index contributed by atoms with van der Waals surface area (Å²) in [6.07, 6.45) is 3.53. The Labute approximate surface area is 115 Å². The highest BCUT2D eigenvalue weighted by Gasteiger charge is 2.17. The molecule has 96 valence electrons. The van der Waals surface area contributed by atoms with E-state index in [-0.39, 0.29) is 12.6 Å². The second-order valence-corrected chi connectivity index (χ2v) is 5.12. The van der Waals surface area contributed by atoms with E-state index in [9.17, 15) is 5.11 Å². The molecule has 1 aromatic carbocycles.